The van der Waals surface area contributed by atoms with Crippen LogP contribution in [0, 0.1) is 11.8 Å². The molecule has 2 aliphatic rings. The molecular weight excluding hydrogens is 486 g/mol. The number of hydrogen-bond acceptors (Lipinski definition) is 7. The molecule has 3 atom stereocenters. The fourth-order valence-corrected chi connectivity index (χ4v) is 5.28. The highest BCUT2D eigenvalue weighted by atomic mass is 32.2. The van der Waals surface area contributed by atoms with Gasteiger partial charge in [0, 0.05) is 44.4 Å². The van der Waals surface area contributed by atoms with E-state index in [1.165, 1.54) is 23.9 Å². The van der Waals surface area contributed by atoms with E-state index < -0.39 is 22.2 Å². The number of fused-ring (bicyclic) bond motifs is 1. The lowest BCUT2D eigenvalue weighted by atomic mass is 9.99. The van der Waals surface area contributed by atoms with Crippen molar-refractivity contribution in [3.8, 4) is 5.75 Å². The highest BCUT2D eigenvalue weighted by molar-refractivity contribution is 7.89. The van der Waals surface area contributed by atoms with Crippen molar-refractivity contribution in [1.29, 1.82) is 0 Å². The molecule has 2 aromatic rings. The van der Waals surface area contributed by atoms with Crippen molar-refractivity contribution < 1.29 is 27.9 Å². The van der Waals surface area contributed by atoms with Gasteiger partial charge in [-0.25, -0.2) is 13.4 Å². The maximum Gasteiger partial charge on any atom is 0.261 e. The van der Waals surface area contributed by atoms with E-state index in [2.05, 4.69) is 10.3 Å². The van der Waals surface area contributed by atoms with Gasteiger partial charge in [-0.15, -0.1) is 0 Å². The standard InChI is InChI=1S/C24H33N5O6S/c1-15-10-29(16(2)13-30)24(32)19-9-18(26-23(31)17-5-6-17)7-8-20(19)35-21(15)11-28(4)36(33,34)22-12-27(3)14-25-22/h7-9,12,14-17,21,30H,5-6,10-11,13H2,1-4H3,(H,26,31)/t15-,16-,21-/m1/s1. The lowest BCUT2D eigenvalue weighted by Gasteiger charge is -2.38. The molecule has 11 nitrogen and oxygen atoms in total. The van der Waals surface area contributed by atoms with Crippen LogP contribution in [0.15, 0.2) is 35.7 Å². The van der Waals surface area contributed by atoms with E-state index in [4.69, 9.17) is 4.74 Å². The number of rotatable bonds is 8. The van der Waals surface area contributed by atoms with Gasteiger partial charge in [0.05, 0.1) is 31.1 Å². The third-order valence-corrected chi connectivity index (χ3v) is 8.38. The quantitative estimate of drug-likeness (QED) is 0.537. The molecule has 1 aromatic heterocycles. The molecule has 12 heteroatoms. The highest BCUT2D eigenvalue weighted by Crippen LogP contribution is 2.33. The van der Waals surface area contributed by atoms with Crippen molar-refractivity contribution in [3.63, 3.8) is 0 Å². The fraction of sp³-hybridized carbons (Fsp3) is 0.542. The molecule has 196 valence electrons. The van der Waals surface area contributed by atoms with Crippen molar-refractivity contribution in [1.82, 2.24) is 18.8 Å². The van der Waals surface area contributed by atoms with Crippen molar-refractivity contribution in [2.24, 2.45) is 18.9 Å². The van der Waals surface area contributed by atoms with Crippen LogP contribution in [0.3, 0.4) is 0 Å². The second-order valence-electron chi connectivity index (χ2n) is 9.76. The molecule has 2 heterocycles. The summed E-state index contributed by atoms with van der Waals surface area (Å²) in [4.78, 5) is 31.3. The van der Waals surface area contributed by atoms with Crippen LogP contribution < -0.4 is 10.1 Å². The number of anilines is 1. The summed E-state index contributed by atoms with van der Waals surface area (Å²) in [5, 5.41) is 12.6. The Morgan fingerprint density at radius 1 is 1.36 bits per heavy atom. The zero-order valence-electron chi connectivity index (χ0n) is 20.9. The topological polar surface area (TPSA) is 134 Å². The molecule has 0 saturated heterocycles. The van der Waals surface area contributed by atoms with Gasteiger partial charge in [-0.3, -0.25) is 9.59 Å². The number of nitrogens with one attached hydrogen (secondary N) is 1. The number of carbonyl (C=O) groups is 2. The van der Waals surface area contributed by atoms with Gasteiger partial charge in [0.25, 0.3) is 15.9 Å². The summed E-state index contributed by atoms with van der Waals surface area (Å²) in [6.07, 6.45) is 3.97. The first kappa shape index (κ1) is 26.1. The SMILES string of the molecule is C[C@@H]1CN([C@H](C)CO)C(=O)c2cc(NC(=O)C3CC3)ccc2O[C@@H]1CN(C)S(=O)(=O)c1cn(C)cn1. The monoisotopic (exact) mass is 519 g/mol. The number of amides is 2. The normalized spacial score (nSPS) is 21.4. The first-order chi connectivity index (χ1) is 17.0. The van der Waals surface area contributed by atoms with Gasteiger partial charge in [0.1, 0.15) is 11.9 Å². The molecule has 1 aromatic carbocycles. The summed E-state index contributed by atoms with van der Waals surface area (Å²) in [5.74, 6) is -0.366. The predicted molar refractivity (Wildman–Crippen MR) is 132 cm³/mol. The largest absolute Gasteiger partial charge is 0.488 e. The van der Waals surface area contributed by atoms with E-state index in [0.29, 0.717) is 11.4 Å². The van der Waals surface area contributed by atoms with E-state index in [0.717, 1.165) is 12.8 Å². The second kappa shape index (κ2) is 10.2. The lowest BCUT2D eigenvalue weighted by Crippen LogP contribution is -2.50. The number of ether oxygens (including phenoxy) is 1. The summed E-state index contributed by atoms with van der Waals surface area (Å²) < 4.78 is 35.1. The number of aliphatic hydroxyl groups excluding tert-OH is 1. The minimum Gasteiger partial charge on any atom is -0.488 e. The van der Waals surface area contributed by atoms with Gasteiger partial charge in [0.15, 0.2) is 5.03 Å². The maximum absolute atomic E-state index is 13.5. The van der Waals surface area contributed by atoms with Crippen LogP contribution >= 0.6 is 0 Å². The van der Waals surface area contributed by atoms with Crippen LogP contribution in [0.5, 0.6) is 5.75 Å². The molecule has 1 aliphatic heterocycles. The molecule has 36 heavy (non-hydrogen) atoms. The molecule has 0 spiro atoms. The highest BCUT2D eigenvalue weighted by Gasteiger charge is 2.36. The Hall–Kier alpha value is -2.96. The third-order valence-electron chi connectivity index (χ3n) is 6.67. The van der Waals surface area contributed by atoms with Crippen LogP contribution in [0.1, 0.15) is 37.0 Å². The van der Waals surface area contributed by atoms with E-state index in [1.807, 2.05) is 6.92 Å². The minimum absolute atomic E-state index is 0.00620. The number of likely N-dealkylation sites (N-methyl/N-ethyl adjacent to an activating group) is 1. The van der Waals surface area contributed by atoms with Gasteiger partial charge in [-0.1, -0.05) is 6.92 Å². The first-order valence-corrected chi connectivity index (χ1v) is 13.4. The van der Waals surface area contributed by atoms with Gasteiger partial charge in [0.2, 0.25) is 5.91 Å². The fourth-order valence-electron chi connectivity index (χ4n) is 4.14. The average molecular weight is 520 g/mol. The molecule has 0 bridgehead atoms. The molecule has 2 amide bonds. The van der Waals surface area contributed by atoms with Crippen molar-refractivity contribution in [2.75, 3.05) is 32.1 Å². The number of hydrogen-bond donors (Lipinski definition) is 2. The predicted octanol–water partition coefficient (Wildman–Crippen LogP) is 1.31. The summed E-state index contributed by atoms with van der Waals surface area (Å²) in [5.41, 5.74) is 0.732. The van der Waals surface area contributed by atoms with Gasteiger partial charge < -0.3 is 24.6 Å². The summed E-state index contributed by atoms with van der Waals surface area (Å²) in [7, 11) is -0.693. The van der Waals surface area contributed by atoms with Crippen LogP contribution in [0.4, 0.5) is 5.69 Å². The Bertz CT molecular complexity index is 1240. The van der Waals surface area contributed by atoms with E-state index >= 15 is 0 Å². The van der Waals surface area contributed by atoms with Crippen molar-refractivity contribution >= 4 is 27.5 Å². The Balaban J connectivity index is 1.64. The molecular formula is C24H33N5O6S. The van der Waals surface area contributed by atoms with E-state index in [1.54, 1.807) is 41.6 Å². The molecule has 1 fully saturated rings. The number of carbonyl (C=O) groups excluding carboxylic acids is 2. The number of benzene rings is 1. The molecule has 1 aliphatic carbocycles. The third kappa shape index (κ3) is 5.40. The summed E-state index contributed by atoms with van der Waals surface area (Å²) in [6.45, 7) is 3.67. The zero-order chi connectivity index (χ0) is 26.2. The van der Waals surface area contributed by atoms with Crippen LogP contribution in [0.2, 0.25) is 0 Å². The zero-order valence-corrected chi connectivity index (χ0v) is 21.7. The molecule has 1 saturated carbocycles. The molecule has 0 unspecified atom stereocenters. The average Bonchev–Trinajstić information content (AvgIpc) is 3.61. The van der Waals surface area contributed by atoms with Crippen LogP contribution in [-0.4, -0.2) is 83.0 Å². The number of aromatic nitrogens is 2. The summed E-state index contributed by atoms with van der Waals surface area (Å²) >= 11 is 0. The first-order valence-electron chi connectivity index (χ1n) is 12.0. The van der Waals surface area contributed by atoms with Crippen molar-refractivity contribution in [2.45, 2.75) is 43.9 Å². The van der Waals surface area contributed by atoms with Crippen molar-refractivity contribution in [3.05, 3.63) is 36.3 Å². The maximum atomic E-state index is 13.5. The Morgan fingerprint density at radius 2 is 2.08 bits per heavy atom. The number of aryl methyl sites for hydroxylation is 1. The van der Waals surface area contributed by atoms with Crippen LogP contribution in [-0.2, 0) is 21.9 Å². The Kier molecular flexibility index (Phi) is 7.39. The number of nitrogens with zero attached hydrogens (tertiary/aromatic N) is 4. The lowest BCUT2D eigenvalue weighted by molar-refractivity contribution is -0.117. The Labute approximate surface area is 211 Å². The van der Waals surface area contributed by atoms with Gasteiger partial charge in [-0.2, -0.15) is 4.31 Å². The minimum atomic E-state index is -3.85. The molecule has 0 radical (unpaired) electrons. The van der Waals surface area contributed by atoms with E-state index in [-0.39, 0.29) is 53.9 Å². The second-order valence-corrected chi connectivity index (χ2v) is 11.8. The number of sulfonamides is 1. The smallest absolute Gasteiger partial charge is 0.261 e. The van der Waals surface area contributed by atoms with Crippen LogP contribution in [0.25, 0.3) is 0 Å². The molecule has 4 rings (SSSR count). The number of imidazole rings is 1. The Morgan fingerprint density at radius 3 is 2.69 bits per heavy atom. The van der Waals surface area contributed by atoms with Gasteiger partial charge >= 0.3 is 0 Å². The summed E-state index contributed by atoms with van der Waals surface area (Å²) in [6, 6.07) is 4.40. The molecule has 2 N–H and O–H groups in total. The van der Waals surface area contributed by atoms with E-state index in [9.17, 15) is 23.1 Å². The number of aliphatic hydroxyl groups is 1. The van der Waals surface area contributed by atoms with Gasteiger partial charge in [-0.05, 0) is 38.0 Å².